The highest BCUT2D eigenvalue weighted by Gasteiger charge is 2.50. The summed E-state index contributed by atoms with van der Waals surface area (Å²) in [5.74, 6) is -0.166. The first kappa shape index (κ1) is 13.7. The Morgan fingerprint density at radius 3 is 2.44 bits per heavy atom. The van der Waals surface area contributed by atoms with Crippen molar-refractivity contribution < 1.29 is 30.5 Å². The van der Waals surface area contributed by atoms with E-state index in [4.69, 9.17) is 4.74 Å². The van der Waals surface area contributed by atoms with Crippen LogP contribution in [0.25, 0.3) is 0 Å². The van der Waals surface area contributed by atoms with E-state index in [0.29, 0.717) is 0 Å². The standard InChI is InChI=1S/C10H13F3O4S/c11-10(12,13)18(14,15)17-8-3-6-16-9(7-8)4-1-2-5-9/h3H,1-2,4-7H2. The highest BCUT2D eigenvalue weighted by molar-refractivity contribution is 7.87. The summed E-state index contributed by atoms with van der Waals surface area (Å²) < 4.78 is 68.0. The van der Waals surface area contributed by atoms with Crippen LogP contribution in [0.15, 0.2) is 11.8 Å². The maximum absolute atomic E-state index is 12.2. The lowest BCUT2D eigenvalue weighted by Crippen LogP contribution is -2.35. The molecule has 0 N–H and O–H groups in total. The van der Waals surface area contributed by atoms with Gasteiger partial charge in [0.2, 0.25) is 0 Å². The summed E-state index contributed by atoms with van der Waals surface area (Å²) in [4.78, 5) is 0. The van der Waals surface area contributed by atoms with Gasteiger partial charge in [0.15, 0.2) is 0 Å². The van der Waals surface area contributed by atoms with Gasteiger partial charge in [0.05, 0.1) is 12.2 Å². The molecule has 1 saturated carbocycles. The molecule has 0 aromatic heterocycles. The summed E-state index contributed by atoms with van der Waals surface area (Å²) in [6, 6.07) is 0. The summed E-state index contributed by atoms with van der Waals surface area (Å²) >= 11 is 0. The molecule has 18 heavy (non-hydrogen) atoms. The van der Waals surface area contributed by atoms with Gasteiger partial charge in [-0.25, -0.2) is 0 Å². The molecular weight excluding hydrogens is 273 g/mol. The molecule has 0 unspecified atom stereocenters. The lowest BCUT2D eigenvalue weighted by atomic mass is 9.94. The van der Waals surface area contributed by atoms with Gasteiger partial charge in [-0.3, -0.25) is 0 Å². The number of hydrogen-bond acceptors (Lipinski definition) is 4. The summed E-state index contributed by atoms with van der Waals surface area (Å²) in [6.45, 7) is 0.0860. The Morgan fingerprint density at radius 1 is 1.28 bits per heavy atom. The normalized spacial score (nSPS) is 24.1. The van der Waals surface area contributed by atoms with Crippen LogP contribution in [-0.2, 0) is 19.0 Å². The van der Waals surface area contributed by atoms with Crippen LogP contribution in [0.1, 0.15) is 32.1 Å². The van der Waals surface area contributed by atoms with Crippen LogP contribution in [0, 0.1) is 0 Å². The SMILES string of the molecule is O=S(=O)(OC1=CCOC2(CCCC2)C1)C(F)(F)F. The minimum absolute atomic E-state index is 0.0856. The average molecular weight is 286 g/mol. The van der Waals surface area contributed by atoms with E-state index in [0.717, 1.165) is 25.7 Å². The number of rotatable bonds is 2. The van der Waals surface area contributed by atoms with Gasteiger partial charge in [0.1, 0.15) is 5.76 Å². The van der Waals surface area contributed by atoms with Crippen LogP contribution in [0.3, 0.4) is 0 Å². The van der Waals surface area contributed by atoms with Crippen molar-refractivity contribution in [2.75, 3.05) is 6.61 Å². The Balaban J connectivity index is 2.09. The fourth-order valence-corrected chi connectivity index (χ4v) is 2.85. The molecule has 1 aliphatic heterocycles. The highest BCUT2D eigenvalue weighted by atomic mass is 32.2. The molecule has 0 bridgehead atoms. The first-order valence-electron chi connectivity index (χ1n) is 5.58. The van der Waals surface area contributed by atoms with E-state index < -0.39 is 21.2 Å². The lowest BCUT2D eigenvalue weighted by molar-refractivity contribution is -0.0592. The monoisotopic (exact) mass is 286 g/mol. The molecule has 2 rings (SSSR count). The van der Waals surface area contributed by atoms with Crippen LogP contribution in [-0.4, -0.2) is 26.1 Å². The smallest absolute Gasteiger partial charge is 0.381 e. The summed E-state index contributed by atoms with van der Waals surface area (Å²) in [6.07, 6.45) is 4.63. The maximum Gasteiger partial charge on any atom is 0.534 e. The Labute approximate surface area is 103 Å². The van der Waals surface area contributed by atoms with Crippen LogP contribution < -0.4 is 0 Å². The van der Waals surface area contributed by atoms with E-state index in [2.05, 4.69) is 4.18 Å². The molecule has 1 heterocycles. The second-order valence-electron chi connectivity index (χ2n) is 4.53. The van der Waals surface area contributed by atoms with Crippen molar-refractivity contribution in [1.29, 1.82) is 0 Å². The molecule has 1 aliphatic carbocycles. The molecule has 0 saturated heterocycles. The molecule has 4 nitrogen and oxygen atoms in total. The van der Waals surface area contributed by atoms with Crippen molar-refractivity contribution in [1.82, 2.24) is 0 Å². The van der Waals surface area contributed by atoms with Crippen molar-refractivity contribution in [3.05, 3.63) is 11.8 Å². The Kier molecular flexibility index (Phi) is 3.35. The summed E-state index contributed by atoms with van der Waals surface area (Å²) in [7, 11) is -5.57. The first-order chi connectivity index (χ1) is 8.24. The van der Waals surface area contributed by atoms with E-state index in [-0.39, 0.29) is 18.8 Å². The van der Waals surface area contributed by atoms with Crippen LogP contribution in [0.4, 0.5) is 13.2 Å². The molecule has 0 aromatic carbocycles. The Morgan fingerprint density at radius 2 is 1.89 bits per heavy atom. The number of alkyl halides is 3. The second-order valence-corrected chi connectivity index (χ2v) is 6.07. The zero-order valence-corrected chi connectivity index (χ0v) is 10.3. The van der Waals surface area contributed by atoms with Crippen molar-refractivity contribution in [2.45, 2.75) is 43.2 Å². The van der Waals surface area contributed by atoms with Gasteiger partial charge in [-0.1, -0.05) is 12.8 Å². The third kappa shape index (κ3) is 2.64. The Hall–Kier alpha value is -0.760. The van der Waals surface area contributed by atoms with Crippen molar-refractivity contribution in [3.63, 3.8) is 0 Å². The van der Waals surface area contributed by atoms with Crippen molar-refractivity contribution in [2.24, 2.45) is 0 Å². The van der Waals surface area contributed by atoms with Gasteiger partial charge in [0.25, 0.3) is 0 Å². The van der Waals surface area contributed by atoms with Gasteiger partial charge in [0, 0.05) is 6.42 Å². The number of halogens is 3. The minimum Gasteiger partial charge on any atom is -0.381 e. The molecule has 0 aromatic rings. The molecular formula is C10H13F3O4S. The predicted molar refractivity (Wildman–Crippen MR) is 55.9 cm³/mol. The number of ether oxygens (including phenoxy) is 1. The van der Waals surface area contributed by atoms with Gasteiger partial charge < -0.3 is 8.92 Å². The summed E-state index contributed by atoms with van der Waals surface area (Å²) in [5.41, 5.74) is -5.93. The second kappa shape index (κ2) is 4.41. The van der Waals surface area contributed by atoms with Gasteiger partial charge in [-0.15, -0.1) is 0 Å². The zero-order chi connectivity index (χ0) is 13.4. The average Bonchev–Trinajstić information content (AvgIpc) is 2.64. The molecule has 8 heteroatoms. The van der Waals surface area contributed by atoms with Gasteiger partial charge in [-0.2, -0.15) is 21.6 Å². The van der Waals surface area contributed by atoms with E-state index in [1.54, 1.807) is 0 Å². The van der Waals surface area contributed by atoms with Crippen LogP contribution >= 0.6 is 0 Å². The number of hydrogen-bond donors (Lipinski definition) is 0. The Bertz CT molecular complexity index is 446. The fraction of sp³-hybridized carbons (Fsp3) is 0.800. The predicted octanol–water partition coefficient (Wildman–Crippen LogP) is 2.47. The molecule has 104 valence electrons. The molecule has 0 radical (unpaired) electrons. The zero-order valence-electron chi connectivity index (χ0n) is 9.50. The van der Waals surface area contributed by atoms with Gasteiger partial charge >= 0.3 is 15.6 Å². The molecule has 1 spiro atoms. The quantitative estimate of drug-likeness (QED) is 0.578. The fourth-order valence-electron chi connectivity index (χ4n) is 2.34. The first-order valence-corrected chi connectivity index (χ1v) is 6.99. The highest BCUT2D eigenvalue weighted by Crippen LogP contribution is 2.41. The van der Waals surface area contributed by atoms with Crippen LogP contribution in [0.5, 0.6) is 0 Å². The third-order valence-electron chi connectivity index (χ3n) is 3.21. The molecule has 0 atom stereocenters. The lowest BCUT2D eigenvalue weighted by Gasteiger charge is -2.33. The molecule has 1 fully saturated rings. The van der Waals surface area contributed by atoms with Crippen LogP contribution in [0.2, 0.25) is 0 Å². The van der Waals surface area contributed by atoms with Gasteiger partial charge in [-0.05, 0) is 18.9 Å². The summed E-state index contributed by atoms with van der Waals surface area (Å²) in [5, 5.41) is 0. The minimum atomic E-state index is -5.57. The maximum atomic E-state index is 12.2. The van der Waals surface area contributed by atoms with E-state index >= 15 is 0 Å². The molecule has 2 aliphatic rings. The third-order valence-corrected chi connectivity index (χ3v) is 4.21. The van der Waals surface area contributed by atoms with E-state index in [1.807, 2.05) is 0 Å². The van der Waals surface area contributed by atoms with E-state index in [1.165, 1.54) is 6.08 Å². The van der Waals surface area contributed by atoms with Crippen molar-refractivity contribution >= 4 is 10.1 Å². The topological polar surface area (TPSA) is 52.6 Å². The van der Waals surface area contributed by atoms with Crippen molar-refractivity contribution in [3.8, 4) is 0 Å². The largest absolute Gasteiger partial charge is 0.534 e. The van der Waals surface area contributed by atoms with E-state index in [9.17, 15) is 21.6 Å². The molecule has 0 amide bonds.